The van der Waals surface area contributed by atoms with Crippen LogP contribution in [0.5, 0.6) is 0 Å². The minimum atomic E-state index is -0.429. The van der Waals surface area contributed by atoms with Crippen molar-refractivity contribution in [2.24, 2.45) is 5.92 Å². The van der Waals surface area contributed by atoms with Crippen molar-refractivity contribution < 1.29 is 14.4 Å². The maximum atomic E-state index is 12.8. The summed E-state index contributed by atoms with van der Waals surface area (Å²) in [6, 6.07) is 14.7. The Morgan fingerprint density at radius 2 is 1.79 bits per heavy atom. The standard InChI is InChI=1S/C23H26N2O3/c1-15(26)16-8-7-9-18(12-16)25-14-17(13-21(25)27)22(28)24-20-11-6-5-10-19(20)23(2,3)4/h5-12,17H,13-14H2,1-4H3,(H,24,28). The number of ketones is 1. The minimum Gasteiger partial charge on any atom is -0.326 e. The first-order chi connectivity index (χ1) is 13.2. The van der Waals surface area contributed by atoms with Gasteiger partial charge < -0.3 is 10.2 Å². The Labute approximate surface area is 165 Å². The zero-order valence-corrected chi connectivity index (χ0v) is 16.8. The van der Waals surface area contributed by atoms with E-state index < -0.39 is 5.92 Å². The van der Waals surface area contributed by atoms with Crippen LogP contribution in [0.2, 0.25) is 0 Å². The number of rotatable bonds is 4. The van der Waals surface area contributed by atoms with E-state index in [-0.39, 0.29) is 29.4 Å². The van der Waals surface area contributed by atoms with Gasteiger partial charge in [0.2, 0.25) is 11.8 Å². The van der Waals surface area contributed by atoms with Crippen LogP contribution in [-0.2, 0) is 15.0 Å². The summed E-state index contributed by atoms with van der Waals surface area (Å²) >= 11 is 0. The number of nitrogens with zero attached hydrogens (tertiary/aromatic N) is 1. The number of anilines is 2. The van der Waals surface area contributed by atoms with Gasteiger partial charge in [0.25, 0.3) is 0 Å². The van der Waals surface area contributed by atoms with Crippen LogP contribution in [0, 0.1) is 5.92 Å². The molecule has 2 aromatic rings. The van der Waals surface area contributed by atoms with Crippen molar-refractivity contribution in [1.82, 2.24) is 0 Å². The first-order valence-electron chi connectivity index (χ1n) is 9.48. The van der Waals surface area contributed by atoms with Gasteiger partial charge in [-0.25, -0.2) is 0 Å². The van der Waals surface area contributed by atoms with Gasteiger partial charge in [0.05, 0.1) is 5.92 Å². The van der Waals surface area contributed by atoms with E-state index in [1.165, 1.54) is 6.92 Å². The lowest BCUT2D eigenvalue weighted by molar-refractivity contribution is -0.122. The molecular formula is C23H26N2O3. The van der Waals surface area contributed by atoms with Crippen molar-refractivity contribution in [3.63, 3.8) is 0 Å². The zero-order chi connectivity index (χ0) is 20.5. The number of benzene rings is 2. The molecule has 1 heterocycles. The summed E-state index contributed by atoms with van der Waals surface area (Å²) in [5.41, 5.74) is 2.94. The average molecular weight is 378 g/mol. The van der Waals surface area contributed by atoms with Crippen molar-refractivity contribution in [3.05, 3.63) is 59.7 Å². The fourth-order valence-corrected chi connectivity index (χ4v) is 3.51. The van der Waals surface area contributed by atoms with Gasteiger partial charge >= 0.3 is 0 Å². The molecule has 3 rings (SSSR count). The molecule has 0 bridgehead atoms. The van der Waals surface area contributed by atoms with Gasteiger partial charge in [-0.1, -0.05) is 51.1 Å². The normalized spacial score (nSPS) is 16.9. The Hall–Kier alpha value is -2.95. The van der Waals surface area contributed by atoms with Crippen LogP contribution < -0.4 is 10.2 Å². The van der Waals surface area contributed by atoms with Gasteiger partial charge in [-0.3, -0.25) is 14.4 Å². The van der Waals surface area contributed by atoms with Crippen molar-refractivity contribution in [1.29, 1.82) is 0 Å². The summed E-state index contributed by atoms with van der Waals surface area (Å²) in [5, 5.41) is 3.01. The monoisotopic (exact) mass is 378 g/mol. The van der Waals surface area contributed by atoms with Crippen molar-refractivity contribution in [3.8, 4) is 0 Å². The fourth-order valence-electron chi connectivity index (χ4n) is 3.51. The van der Waals surface area contributed by atoms with Gasteiger partial charge in [-0.2, -0.15) is 0 Å². The molecule has 1 fully saturated rings. The number of carbonyl (C=O) groups excluding carboxylic acids is 3. The quantitative estimate of drug-likeness (QED) is 0.812. The van der Waals surface area contributed by atoms with Crippen LogP contribution in [0.3, 0.4) is 0 Å². The Morgan fingerprint density at radius 3 is 2.46 bits per heavy atom. The van der Waals surface area contributed by atoms with E-state index >= 15 is 0 Å². The largest absolute Gasteiger partial charge is 0.326 e. The number of carbonyl (C=O) groups is 3. The molecule has 1 N–H and O–H groups in total. The molecule has 0 spiro atoms. The lowest BCUT2D eigenvalue weighted by Crippen LogP contribution is -2.29. The van der Waals surface area contributed by atoms with E-state index in [0.29, 0.717) is 17.8 Å². The lowest BCUT2D eigenvalue weighted by Gasteiger charge is -2.23. The molecule has 1 aliphatic rings. The summed E-state index contributed by atoms with van der Waals surface area (Å²) in [4.78, 5) is 38.6. The van der Waals surface area contributed by atoms with Crippen molar-refractivity contribution >= 4 is 29.0 Å². The van der Waals surface area contributed by atoms with Crippen LogP contribution in [0.1, 0.15) is 50.0 Å². The van der Waals surface area contributed by atoms with Crippen LogP contribution in [-0.4, -0.2) is 24.1 Å². The van der Waals surface area contributed by atoms with E-state index in [4.69, 9.17) is 0 Å². The number of amides is 2. The molecule has 0 radical (unpaired) electrons. The van der Waals surface area contributed by atoms with Gasteiger partial charge in [-0.05, 0) is 36.1 Å². The highest BCUT2D eigenvalue weighted by Crippen LogP contribution is 2.31. The fraction of sp³-hybridized carbons (Fsp3) is 0.348. The highest BCUT2D eigenvalue weighted by atomic mass is 16.2. The second-order valence-corrected chi connectivity index (χ2v) is 8.30. The highest BCUT2D eigenvalue weighted by molar-refractivity contribution is 6.04. The first-order valence-corrected chi connectivity index (χ1v) is 9.48. The molecule has 0 saturated carbocycles. The summed E-state index contributed by atoms with van der Waals surface area (Å²) in [5.74, 6) is -0.747. The highest BCUT2D eigenvalue weighted by Gasteiger charge is 2.35. The second kappa shape index (κ2) is 7.58. The number of para-hydroxylation sites is 1. The van der Waals surface area contributed by atoms with E-state index in [2.05, 4.69) is 26.1 Å². The predicted molar refractivity (Wildman–Crippen MR) is 111 cm³/mol. The van der Waals surface area contributed by atoms with E-state index in [9.17, 15) is 14.4 Å². The molecule has 2 aromatic carbocycles. The SMILES string of the molecule is CC(=O)c1cccc(N2CC(C(=O)Nc3ccccc3C(C)(C)C)CC2=O)c1. The third kappa shape index (κ3) is 4.14. The molecule has 0 aromatic heterocycles. The maximum Gasteiger partial charge on any atom is 0.229 e. The van der Waals surface area contributed by atoms with Gasteiger partial charge in [0.15, 0.2) is 5.78 Å². The second-order valence-electron chi connectivity index (χ2n) is 8.30. The molecule has 1 unspecified atom stereocenters. The molecule has 1 aliphatic heterocycles. The van der Waals surface area contributed by atoms with Crippen LogP contribution >= 0.6 is 0 Å². The molecular weight excluding hydrogens is 352 g/mol. The summed E-state index contributed by atoms with van der Waals surface area (Å²) in [6.45, 7) is 8.10. The third-order valence-corrected chi connectivity index (χ3v) is 5.05. The maximum absolute atomic E-state index is 12.8. The summed E-state index contributed by atoms with van der Waals surface area (Å²) < 4.78 is 0. The minimum absolute atomic E-state index is 0.0541. The summed E-state index contributed by atoms with van der Waals surface area (Å²) in [6.07, 6.45) is 0.161. The molecule has 1 saturated heterocycles. The van der Waals surface area contributed by atoms with Crippen molar-refractivity contribution in [2.45, 2.75) is 39.5 Å². The Kier molecular flexibility index (Phi) is 5.36. The number of hydrogen-bond donors (Lipinski definition) is 1. The van der Waals surface area contributed by atoms with Gasteiger partial charge in [-0.15, -0.1) is 0 Å². The zero-order valence-electron chi connectivity index (χ0n) is 16.8. The Balaban J connectivity index is 1.77. The third-order valence-electron chi connectivity index (χ3n) is 5.05. The lowest BCUT2D eigenvalue weighted by atomic mass is 9.85. The number of hydrogen-bond acceptors (Lipinski definition) is 3. The number of nitrogens with one attached hydrogen (secondary N) is 1. The van der Waals surface area contributed by atoms with E-state index in [1.54, 1.807) is 29.2 Å². The van der Waals surface area contributed by atoms with Crippen LogP contribution in [0.25, 0.3) is 0 Å². The smallest absolute Gasteiger partial charge is 0.229 e. The summed E-state index contributed by atoms with van der Waals surface area (Å²) in [7, 11) is 0. The molecule has 28 heavy (non-hydrogen) atoms. The van der Waals surface area contributed by atoms with E-state index in [0.717, 1.165) is 11.3 Å². The Bertz CT molecular complexity index is 927. The van der Waals surface area contributed by atoms with Crippen LogP contribution in [0.4, 0.5) is 11.4 Å². The molecule has 1 atom stereocenters. The molecule has 5 nitrogen and oxygen atoms in total. The predicted octanol–water partition coefficient (Wildman–Crippen LogP) is 4.18. The van der Waals surface area contributed by atoms with Gasteiger partial charge in [0, 0.05) is 29.9 Å². The molecule has 2 amide bonds. The van der Waals surface area contributed by atoms with E-state index in [1.807, 2.05) is 24.3 Å². The average Bonchev–Trinajstić information content (AvgIpc) is 3.03. The Morgan fingerprint density at radius 1 is 1.07 bits per heavy atom. The van der Waals surface area contributed by atoms with Gasteiger partial charge in [0.1, 0.15) is 0 Å². The molecule has 0 aliphatic carbocycles. The molecule has 146 valence electrons. The van der Waals surface area contributed by atoms with Crippen molar-refractivity contribution in [2.75, 3.05) is 16.8 Å². The number of Topliss-reactive ketones (excluding diaryl/α,β-unsaturated/α-hetero) is 1. The first kappa shape index (κ1) is 19.8. The topological polar surface area (TPSA) is 66.5 Å². The molecule has 5 heteroatoms. The van der Waals surface area contributed by atoms with Crippen LogP contribution in [0.15, 0.2) is 48.5 Å².